The summed E-state index contributed by atoms with van der Waals surface area (Å²) >= 11 is 2.72. The fourth-order valence-corrected chi connectivity index (χ4v) is 2.70. The van der Waals surface area contributed by atoms with E-state index >= 15 is 0 Å². The monoisotopic (exact) mass is 244 g/mol. The predicted octanol–water partition coefficient (Wildman–Crippen LogP) is 2.59. The normalized spacial score (nSPS) is 12.3. The third-order valence-corrected chi connectivity index (χ3v) is 3.60. The van der Waals surface area contributed by atoms with E-state index in [1.165, 1.54) is 18.7 Å². The standard InChI is InChI=1S/C10H12O3S2/c1-7(11)15-6-9(4-10(12)13)8-2-3-14-5-8/h2-3,5,9H,4,6H2,1H3,(H,12,13). The van der Waals surface area contributed by atoms with Crippen LogP contribution in [0.4, 0.5) is 0 Å². The van der Waals surface area contributed by atoms with Gasteiger partial charge in [-0.3, -0.25) is 9.59 Å². The Kier molecular flexibility index (Phi) is 4.84. The summed E-state index contributed by atoms with van der Waals surface area (Å²) < 4.78 is 0. The van der Waals surface area contributed by atoms with Gasteiger partial charge in [-0.1, -0.05) is 11.8 Å². The predicted molar refractivity (Wildman–Crippen MR) is 62.5 cm³/mol. The van der Waals surface area contributed by atoms with Crippen molar-refractivity contribution in [2.24, 2.45) is 0 Å². The molecular weight excluding hydrogens is 232 g/mol. The third kappa shape index (κ3) is 4.48. The summed E-state index contributed by atoms with van der Waals surface area (Å²) in [5.41, 5.74) is 1.01. The van der Waals surface area contributed by atoms with Gasteiger partial charge in [-0.2, -0.15) is 11.3 Å². The lowest BCUT2D eigenvalue weighted by atomic mass is 10.0. The summed E-state index contributed by atoms with van der Waals surface area (Å²) in [6, 6.07) is 1.92. The zero-order valence-corrected chi connectivity index (χ0v) is 9.94. The highest BCUT2D eigenvalue weighted by Crippen LogP contribution is 2.26. The van der Waals surface area contributed by atoms with E-state index in [1.807, 2.05) is 16.8 Å². The molecule has 1 heterocycles. The van der Waals surface area contributed by atoms with Crippen LogP contribution in [0.1, 0.15) is 24.8 Å². The van der Waals surface area contributed by atoms with Crippen molar-refractivity contribution in [2.75, 3.05) is 5.75 Å². The van der Waals surface area contributed by atoms with Crippen LogP contribution in [0, 0.1) is 0 Å². The average molecular weight is 244 g/mol. The molecule has 0 bridgehead atoms. The minimum atomic E-state index is -0.824. The Balaban J connectivity index is 2.61. The lowest BCUT2D eigenvalue weighted by Gasteiger charge is -2.11. The lowest BCUT2D eigenvalue weighted by molar-refractivity contribution is -0.137. The van der Waals surface area contributed by atoms with Crippen molar-refractivity contribution >= 4 is 34.2 Å². The van der Waals surface area contributed by atoms with E-state index in [9.17, 15) is 9.59 Å². The number of thiophene rings is 1. The molecule has 0 amide bonds. The Morgan fingerprint density at radius 2 is 2.33 bits per heavy atom. The first-order valence-corrected chi connectivity index (χ1v) is 6.39. The van der Waals surface area contributed by atoms with Gasteiger partial charge < -0.3 is 5.11 Å². The number of carboxylic acids is 1. The molecule has 0 aliphatic rings. The number of carboxylic acid groups (broad SMARTS) is 1. The molecule has 0 fully saturated rings. The minimum Gasteiger partial charge on any atom is -0.481 e. The minimum absolute atomic E-state index is 0.0284. The molecule has 1 N–H and O–H groups in total. The molecule has 1 aromatic rings. The van der Waals surface area contributed by atoms with Crippen molar-refractivity contribution in [2.45, 2.75) is 19.3 Å². The highest BCUT2D eigenvalue weighted by atomic mass is 32.2. The lowest BCUT2D eigenvalue weighted by Crippen LogP contribution is -2.08. The van der Waals surface area contributed by atoms with Gasteiger partial charge in [-0.05, 0) is 22.4 Å². The van der Waals surface area contributed by atoms with Crippen molar-refractivity contribution in [3.8, 4) is 0 Å². The van der Waals surface area contributed by atoms with Gasteiger partial charge in [0.25, 0.3) is 0 Å². The van der Waals surface area contributed by atoms with Crippen LogP contribution in [0.5, 0.6) is 0 Å². The quantitative estimate of drug-likeness (QED) is 0.865. The van der Waals surface area contributed by atoms with E-state index in [-0.39, 0.29) is 17.5 Å². The first-order valence-electron chi connectivity index (χ1n) is 4.47. The van der Waals surface area contributed by atoms with Gasteiger partial charge in [0.1, 0.15) is 0 Å². The molecule has 0 spiro atoms. The molecular formula is C10H12O3S2. The van der Waals surface area contributed by atoms with E-state index in [2.05, 4.69) is 0 Å². The molecule has 1 rings (SSSR count). The van der Waals surface area contributed by atoms with Crippen molar-refractivity contribution < 1.29 is 14.7 Å². The maximum atomic E-state index is 10.8. The van der Waals surface area contributed by atoms with Crippen LogP contribution in [-0.4, -0.2) is 21.9 Å². The summed E-state index contributed by atoms with van der Waals surface area (Å²) in [5.74, 6) is -0.351. The van der Waals surface area contributed by atoms with Gasteiger partial charge in [0.05, 0.1) is 6.42 Å². The Morgan fingerprint density at radius 1 is 1.60 bits per heavy atom. The molecule has 0 saturated carbocycles. The van der Waals surface area contributed by atoms with Gasteiger partial charge in [0, 0.05) is 18.6 Å². The smallest absolute Gasteiger partial charge is 0.303 e. The molecule has 82 valence electrons. The van der Waals surface area contributed by atoms with Gasteiger partial charge in [0.2, 0.25) is 0 Å². The van der Waals surface area contributed by atoms with Crippen molar-refractivity contribution in [3.63, 3.8) is 0 Å². The van der Waals surface area contributed by atoms with E-state index in [1.54, 1.807) is 11.3 Å². The zero-order valence-electron chi connectivity index (χ0n) is 8.30. The SMILES string of the molecule is CC(=O)SCC(CC(=O)O)c1ccsc1. The number of carbonyl (C=O) groups is 2. The molecule has 0 aromatic carbocycles. The molecule has 0 aliphatic heterocycles. The zero-order chi connectivity index (χ0) is 11.3. The molecule has 0 saturated heterocycles. The fraction of sp³-hybridized carbons (Fsp3) is 0.400. The Morgan fingerprint density at radius 3 is 2.80 bits per heavy atom. The third-order valence-electron chi connectivity index (χ3n) is 1.92. The molecule has 1 atom stereocenters. The van der Waals surface area contributed by atoms with E-state index in [4.69, 9.17) is 5.11 Å². The van der Waals surface area contributed by atoms with E-state index in [0.29, 0.717) is 5.75 Å². The second-order valence-corrected chi connectivity index (χ2v) is 5.13. The van der Waals surface area contributed by atoms with Crippen molar-refractivity contribution in [3.05, 3.63) is 22.4 Å². The van der Waals surface area contributed by atoms with Crippen LogP contribution in [0.25, 0.3) is 0 Å². The molecule has 15 heavy (non-hydrogen) atoms. The number of aliphatic carboxylic acids is 1. The van der Waals surface area contributed by atoms with Crippen LogP contribution in [0.3, 0.4) is 0 Å². The largest absolute Gasteiger partial charge is 0.481 e. The topological polar surface area (TPSA) is 54.4 Å². The van der Waals surface area contributed by atoms with Gasteiger partial charge in [-0.15, -0.1) is 0 Å². The fourth-order valence-electron chi connectivity index (χ4n) is 1.21. The van der Waals surface area contributed by atoms with Gasteiger partial charge in [0.15, 0.2) is 5.12 Å². The molecule has 1 aromatic heterocycles. The second-order valence-electron chi connectivity index (χ2n) is 3.15. The molecule has 0 radical (unpaired) electrons. The van der Waals surface area contributed by atoms with Crippen LogP contribution < -0.4 is 0 Å². The van der Waals surface area contributed by atoms with Gasteiger partial charge >= 0.3 is 5.97 Å². The summed E-state index contributed by atoms with van der Waals surface area (Å²) in [5, 5.41) is 12.6. The summed E-state index contributed by atoms with van der Waals surface area (Å²) in [7, 11) is 0. The van der Waals surface area contributed by atoms with Crippen LogP contribution >= 0.6 is 23.1 Å². The highest BCUT2D eigenvalue weighted by molar-refractivity contribution is 8.13. The molecule has 5 heteroatoms. The summed E-state index contributed by atoms with van der Waals surface area (Å²) in [4.78, 5) is 21.5. The number of carbonyl (C=O) groups excluding carboxylic acids is 1. The van der Waals surface area contributed by atoms with E-state index in [0.717, 1.165) is 5.56 Å². The Labute approximate surface area is 96.5 Å². The first-order chi connectivity index (χ1) is 7.09. The average Bonchev–Trinajstić information content (AvgIpc) is 2.63. The summed E-state index contributed by atoms with van der Waals surface area (Å²) in [6.07, 6.45) is 0.0804. The maximum Gasteiger partial charge on any atom is 0.303 e. The Hall–Kier alpha value is -0.810. The van der Waals surface area contributed by atoms with E-state index < -0.39 is 5.97 Å². The number of hydrogen-bond acceptors (Lipinski definition) is 4. The Bertz CT molecular complexity index is 332. The van der Waals surface area contributed by atoms with Crippen molar-refractivity contribution in [1.82, 2.24) is 0 Å². The first kappa shape index (κ1) is 12.3. The molecule has 1 unspecified atom stereocenters. The van der Waals surface area contributed by atoms with Crippen LogP contribution in [0.15, 0.2) is 16.8 Å². The number of hydrogen-bond donors (Lipinski definition) is 1. The maximum absolute atomic E-state index is 10.8. The van der Waals surface area contributed by atoms with Gasteiger partial charge in [-0.25, -0.2) is 0 Å². The molecule has 3 nitrogen and oxygen atoms in total. The second kappa shape index (κ2) is 5.92. The van der Waals surface area contributed by atoms with Crippen LogP contribution in [-0.2, 0) is 9.59 Å². The molecule has 0 aliphatic carbocycles. The number of thioether (sulfide) groups is 1. The van der Waals surface area contributed by atoms with Crippen LogP contribution in [0.2, 0.25) is 0 Å². The van der Waals surface area contributed by atoms with Crippen molar-refractivity contribution in [1.29, 1.82) is 0 Å². The highest BCUT2D eigenvalue weighted by Gasteiger charge is 2.16. The summed E-state index contributed by atoms with van der Waals surface area (Å²) in [6.45, 7) is 1.50. The number of rotatable bonds is 5.